The highest BCUT2D eigenvalue weighted by Gasteiger charge is 2.36. The van der Waals surface area contributed by atoms with E-state index in [9.17, 15) is 9.18 Å². The molecule has 0 unspecified atom stereocenters. The lowest BCUT2D eigenvalue weighted by Gasteiger charge is -2.41. The Kier molecular flexibility index (Phi) is 4.81. The fourth-order valence-electron chi connectivity index (χ4n) is 5.22. The first kappa shape index (κ1) is 21.3. The number of aromatic nitrogens is 3. The van der Waals surface area contributed by atoms with E-state index in [1.807, 2.05) is 0 Å². The van der Waals surface area contributed by atoms with Gasteiger partial charge in [-0.3, -0.25) is 9.58 Å². The molecule has 34 heavy (non-hydrogen) atoms. The molecule has 1 saturated carbocycles. The molecule has 4 heterocycles. The molecule has 3 aliphatic rings. The van der Waals surface area contributed by atoms with Gasteiger partial charge >= 0.3 is 6.03 Å². The lowest BCUT2D eigenvalue weighted by Crippen LogP contribution is -2.57. The number of carbonyl (C=O) groups excluding carboxylic acids is 1. The molecule has 1 saturated heterocycles. The van der Waals surface area contributed by atoms with Gasteiger partial charge in [-0.2, -0.15) is 5.10 Å². The highest BCUT2D eigenvalue weighted by atomic mass is 19.1. The van der Waals surface area contributed by atoms with Crippen LogP contribution in [0.2, 0.25) is 0 Å². The van der Waals surface area contributed by atoms with Crippen molar-refractivity contribution in [2.75, 3.05) is 41.3 Å². The molecule has 2 aliphatic heterocycles. The zero-order valence-corrected chi connectivity index (χ0v) is 19.9. The van der Waals surface area contributed by atoms with Gasteiger partial charge in [0.1, 0.15) is 11.6 Å². The third-order valence-electron chi connectivity index (χ3n) is 7.04. The molecule has 9 heteroatoms. The maximum atomic E-state index is 14.7. The van der Waals surface area contributed by atoms with Crippen LogP contribution in [0.3, 0.4) is 0 Å². The minimum absolute atomic E-state index is 0.0201. The number of hydrogen-bond donors (Lipinski definition) is 2. The highest BCUT2D eigenvalue weighted by Crippen LogP contribution is 2.44. The van der Waals surface area contributed by atoms with Crippen LogP contribution < -0.4 is 20.4 Å². The van der Waals surface area contributed by atoms with E-state index < -0.39 is 5.82 Å². The summed E-state index contributed by atoms with van der Waals surface area (Å²) in [6, 6.07) is 4.88. The van der Waals surface area contributed by atoms with E-state index in [0.717, 1.165) is 61.4 Å². The van der Waals surface area contributed by atoms with Crippen molar-refractivity contribution in [1.82, 2.24) is 20.1 Å². The second kappa shape index (κ2) is 7.66. The number of benzene rings is 1. The number of halogens is 1. The average Bonchev–Trinajstić information content (AvgIpc) is 3.44. The van der Waals surface area contributed by atoms with Crippen molar-refractivity contribution in [2.45, 2.75) is 44.6 Å². The maximum Gasteiger partial charge on any atom is 0.327 e. The Balaban J connectivity index is 1.33. The Morgan fingerprint density at radius 3 is 2.82 bits per heavy atom. The minimum Gasteiger partial charge on any atom is -0.368 e. The van der Waals surface area contributed by atoms with Crippen LogP contribution in [0.25, 0.3) is 10.9 Å². The summed E-state index contributed by atoms with van der Waals surface area (Å²) in [4.78, 5) is 22.4. The van der Waals surface area contributed by atoms with Gasteiger partial charge in [0.2, 0.25) is 0 Å². The first-order valence-corrected chi connectivity index (χ1v) is 12.0. The van der Waals surface area contributed by atoms with Crippen molar-refractivity contribution in [3.63, 3.8) is 0 Å². The van der Waals surface area contributed by atoms with Crippen LogP contribution in [0.5, 0.6) is 0 Å². The fourth-order valence-corrected chi connectivity index (χ4v) is 5.22. The molecule has 0 radical (unpaired) electrons. The quantitative estimate of drug-likeness (QED) is 0.618. The summed E-state index contributed by atoms with van der Waals surface area (Å²) in [5.74, 6) is 0.689. The second-order valence-corrected chi connectivity index (χ2v) is 10.4. The molecule has 0 atom stereocenters. The van der Waals surface area contributed by atoms with Crippen LogP contribution in [0, 0.1) is 5.82 Å². The molecule has 2 fully saturated rings. The molecule has 6 rings (SSSR count). The van der Waals surface area contributed by atoms with Gasteiger partial charge in [-0.25, -0.2) is 14.2 Å². The highest BCUT2D eigenvalue weighted by molar-refractivity contribution is 6.04. The van der Waals surface area contributed by atoms with E-state index in [-0.39, 0.29) is 17.3 Å². The molecule has 1 aromatic carbocycles. The first-order valence-electron chi connectivity index (χ1n) is 12.0. The number of carbonyl (C=O) groups is 1. The van der Waals surface area contributed by atoms with Crippen molar-refractivity contribution < 1.29 is 9.18 Å². The average molecular weight is 464 g/mol. The van der Waals surface area contributed by atoms with Crippen molar-refractivity contribution in [3.05, 3.63) is 41.5 Å². The van der Waals surface area contributed by atoms with Gasteiger partial charge in [0, 0.05) is 79.3 Å². The number of fused-ring (bicyclic) bond motifs is 2. The molecule has 178 valence electrons. The predicted molar refractivity (Wildman–Crippen MR) is 131 cm³/mol. The summed E-state index contributed by atoms with van der Waals surface area (Å²) in [5, 5.41) is 11.4. The maximum absolute atomic E-state index is 14.7. The molecule has 1 aliphatic carbocycles. The topological polar surface area (TPSA) is 78.3 Å². The normalized spacial score (nSPS) is 19.5. The summed E-state index contributed by atoms with van der Waals surface area (Å²) < 4.78 is 16.4. The Labute approximate surface area is 198 Å². The Morgan fingerprint density at radius 1 is 1.24 bits per heavy atom. The van der Waals surface area contributed by atoms with E-state index in [0.29, 0.717) is 18.0 Å². The van der Waals surface area contributed by atoms with E-state index in [4.69, 9.17) is 4.98 Å². The molecular formula is C25H30FN7O. The van der Waals surface area contributed by atoms with Crippen LogP contribution in [0.4, 0.5) is 26.4 Å². The van der Waals surface area contributed by atoms with Gasteiger partial charge in [0.05, 0.1) is 11.2 Å². The molecular weight excluding hydrogens is 433 g/mol. The zero-order valence-electron chi connectivity index (χ0n) is 19.9. The third kappa shape index (κ3) is 3.77. The molecule has 2 N–H and O–H groups in total. The Morgan fingerprint density at radius 2 is 2.06 bits per heavy atom. The Hall–Kier alpha value is -3.20. The van der Waals surface area contributed by atoms with E-state index in [1.165, 1.54) is 11.8 Å². The number of piperazine rings is 1. The summed E-state index contributed by atoms with van der Waals surface area (Å²) in [5.41, 5.74) is 4.10. The van der Waals surface area contributed by atoms with Crippen LogP contribution >= 0.6 is 0 Å². The number of rotatable bonds is 3. The van der Waals surface area contributed by atoms with Gasteiger partial charge < -0.3 is 15.5 Å². The van der Waals surface area contributed by atoms with Crippen molar-refractivity contribution in [2.24, 2.45) is 7.05 Å². The molecule has 0 bridgehead atoms. The number of urea groups is 1. The molecule has 3 aromatic rings. The standard InChI is InChI=1S/C25H30FN7O/c1-25(2)14-32(9-7-27-25)22-12-19(15-4-5-15)28-23-17(22)6-8-33(23)24(34)29-21-10-16-13-31(3)30-20(16)11-18(21)26/h10-13,15,27H,4-9,14H2,1-3H3,(H,29,34). The fraction of sp³-hybridized carbons (Fsp3) is 0.480. The van der Waals surface area contributed by atoms with Gasteiger partial charge in [-0.1, -0.05) is 0 Å². The monoisotopic (exact) mass is 463 g/mol. The lowest BCUT2D eigenvalue weighted by molar-refractivity contribution is 0.257. The van der Waals surface area contributed by atoms with Crippen molar-refractivity contribution >= 4 is 34.1 Å². The number of aryl methyl sites for hydroxylation is 1. The SMILES string of the molecule is Cn1cc2cc(NC(=O)N3CCc4c(N5CCNC(C)(C)C5)cc(C5CC5)nc43)c(F)cc2n1. The van der Waals surface area contributed by atoms with Crippen LogP contribution in [0.1, 0.15) is 43.9 Å². The number of nitrogens with one attached hydrogen (secondary N) is 2. The summed E-state index contributed by atoms with van der Waals surface area (Å²) >= 11 is 0. The van der Waals surface area contributed by atoms with Crippen LogP contribution in [-0.4, -0.2) is 52.5 Å². The third-order valence-corrected chi connectivity index (χ3v) is 7.04. The molecule has 2 aromatic heterocycles. The number of amides is 2. The van der Waals surface area contributed by atoms with Gasteiger partial charge in [-0.05, 0) is 45.2 Å². The summed E-state index contributed by atoms with van der Waals surface area (Å²) in [6.07, 6.45) is 4.83. The lowest BCUT2D eigenvalue weighted by atomic mass is 10.00. The van der Waals surface area contributed by atoms with Crippen LogP contribution in [-0.2, 0) is 13.5 Å². The largest absolute Gasteiger partial charge is 0.368 e. The van der Waals surface area contributed by atoms with E-state index in [1.54, 1.807) is 28.9 Å². The van der Waals surface area contributed by atoms with Gasteiger partial charge in [0.25, 0.3) is 0 Å². The number of pyridine rings is 1. The van der Waals surface area contributed by atoms with Crippen LogP contribution in [0.15, 0.2) is 24.4 Å². The first-order chi connectivity index (χ1) is 16.3. The van der Waals surface area contributed by atoms with Gasteiger partial charge in [-0.15, -0.1) is 0 Å². The smallest absolute Gasteiger partial charge is 0.327 e. The summed E-state index contributed by atoms with van der Waals surface area (Å²) in [6.45, 7) is 7.71. The minimum atomic E-state index is -0.498. The molecule has 2 amide bonds. The van der Waals surface area contributed by atoms with Crippen molar-refractivity contribution in [3.8, 4) is 0 Å². The molecule has 8 nitrogen and oxygen atoms in total. The zero-order chi connectivity index (χ0) is 23.6. The number of nitrogens with zero attached hydrogens (tertiary/aromatic N) is 5. The van der Waals surface area contributed by atoms with E-state index in [2.05, 4.69) is 40.5 Å². The second-order valence-electron chi connectivity index (χ2n) is 10.4. The number of hydrogen-bond acceptors (Lipinski definition) is 5. The number of anilines is 3. The van der Waals surface area contributed by atoms with Gasteiger partial charge in [0.15, 0.2) is 0 Å². The predicted octanol–water partition coefficient (Wildman–Crippen LogP) is 3.77. The Bertz CT molecular complexity index is 1300. The summed E-state index contributed by atoms with van der Waals surface area (Å²) in [7, 11) is 1.79. The molecule has 0 spiro atoms. The van der Waals surface area contributed by atoms with Crippen molar-refractivity contribution in [1.29, 1.82) is 0 Å². The van der Waals surface area contributed by atoms with E-state index >= 15 is 0 Å².